The fourth-order valence-electron chi connectivity index (χ4n) is 2.98. The van der Waals surface area contributed by atoms with Crippen LogP contribution in [0.5, 0.6) is 17.4 Å². The molecule has 0 unspecified atom stereocenters. The van der Waals surface area contributed by atoms with Gasteiger partial charge in [0.15, 0.2) is 0 Å². The Kier molecular flexibility index (Phi) is 6.55. The van der Waals surface area contributed by atoms with Gasteiger partial charge in [-0.15, -0.1) is 0 Å². The molecular weight excluding hydrogens is 442 g/mol. The minimum absolute atomic E-state index is 0.0481. The Morgan fingerprint density at radius 2 is 1.70 bits per heavy atom. The van der Waals surface area contributed by atoms with Crippen LogP contribution in [0.1, 0.15) is 11.4 Å². The second kappa shape index (κ2) is 9.70. The lowest BCUT2D eigenvalue weighted by Gasteiger charge is -2.11. The summed E-state index contributed by atoms with van der Waals surface area (Å²) in [6, 6.07) is 17.3. The number of anilines is 1. The zero-order chi connectivity index (χ0) is 23.3. The van der Waals surface area contributed by atoms with E-state index < -0.39 is 10.0 Å². The molecule has 9 nitrogen and oxygen atoms in total. The summed E-state index contributed by atoms with van der Waals surface area (Å²) in [7, 11) is -3.56. The summed E-state index contributed by atoms with van der Waals surface area (Å²) >= 11 is 0. The zero-order valence-corrected chi connectivity index (χ0v) is 19.0. The molecule has 0 saturated carbocycles. The Balaban J connectivity index is 1.35. The van der Waals surface area contributed by atoms with Gasteiger partial charge >= 0.3 is 0 Å². The van der Waals surface area contributed by atoms with Crippen molar-refractivity contribution in [2.45, 2.75) is 13.8 Å². The zero-order valence-electron chi connectivity index (χ0n) is 18.2. The van der Waals surface area contributed by atoms with Crippen LogP contribution in [0.3, 0.4) is 0 Å². The third-order valence-corrected chi connectivity index (χ3v) is 6.09. The Hall–Kier alpha value is -3.92. The number of rotatable bonds is 9. The van der Waals surface area contributed by atoms with Crippen molar-refractivity contribution in [3.05, 3.63) is 84.7 Å². The number of aryl methyl sites for hydroxylation is 1. The van der Waals surface area contributed by atoms with Gasteiger partial charge in [-0.1, -0.05) is 18.2 Å². The molecule has 0 bridgehead atoms. The molecule has 10 heteroatoms. The van der Waals surface area contributed by atoms with Crippen molar-refractivity contribution in [3.8, 4) is 23.2 Å². The van der Waals surface area contributed by atoms with Gasteiger partial charge in [-0.2, -0.15) is 0 Å². The number of sulfonamides is 1. The van der Waals surface area contributed by atoms with Crippen LogP contribution in [0.2, 0.25) is 0 Å². The molecule has 170 valence electrons. The first-order valence-electron chi connectivity index (χ1n) is 10.2. The number of imidazole rings is 1. The summed E-state index contributed by atoms with van der Waals surface area (Å²) in [6.45, 7) is 3.93. The van der Waals surface area contributed by atoms with Crippen LogP contribution in [-0.4, -0.2) is 40.3 Å². The Labute approximate surface area is 192 Å². The first-order chi connectivity index (χ1) is 15.9. The predicted molar refractivity (Wildman–Crippen MR) is 124 cm³/mol. The van der Waals surface area contributed by atoms with Crippen LogP contribution in [0.25, 0.3) is 5.82 Å². The molecule has 0 fully saturated rings. The molecule has 0 atom stereocenters. The summed E-state index contributed by atoms with van der Waals surface area (Å²) in [5, 5.41) is 0. The van der Waals surface area contributed by atoms with Crippen molar-refractivity contribution in [2.24, 2.45) is 0 Å². The van der Waals surface area contributed by atoms with E-state index in [1.54, 1.807) is 48.8 Å². The highest BCUT2D eigenvalue weighted by Gasteiger charge is 2.12. The van der Waals surface area contributed by atoms with Crippen molar-refractivity contribution in [2.75, 3.05) is 17.1 Å². The molecule has 0 aliphatic heterocycles. The summed E-state index contributed by atoms with van der Waals surface area (Å²) in [6.07, 6.45) is 3.11. The van der Waals surface area contributed by atoms with Crippen LogP contribution in [-0.2, 0) is 10.0 Å². The minimum Gasteiger partial charge on any atom is -0.492 e. The second-order valence-corrected chi connectivity index (χ2v) is 9.05. The smallest absolute Gasteiger partial charge is 0.236 e. The van der Waals surface area contributed by atoms with Crippen LogP contribution >= 0.6 is 0 Å². The molecule has 0 aliphatic carbocycles. The highest BCUT2D eigenvalue weighted by Crippen LogP contribution is 2.23. The maximum absolute atomic E-state index is 12.3. The standard InChI is InChI=1S/C23H23N5O4S/c1-17-18(2)28(16-26-17)22-14-23(25-15-24-22)32-21-10-8-19(9-11-21)27-33(29,30)13-12-31-20-6-4-3-5-7-20/h3-11,14-16,27H,12-13H2,1-2H3. The van der Waals surface area contributed by atoms with E-state index in [2.05, 4.69) is 19.7 Å². The molecule has 2 aromatic heterocycles. The van der Waals surface area contributed by atoms with E-state index in [-0.39, 0.29) is 12.4 Å². The Morgan fingerprint density at radius 3 is 2.39 bits per heavy atom. The maximum Gasteiger partial charge on any atom is 0.236 e. The van der Waals surface area contributed by atoms with Crippen molar-refractivity contribution >= 4 is 15.7 Å². The first kappa shape index (κ1) is 22.3. The SMILES string of the molecule is Cc1ncn(-c2cc(Oc3ccc(NS(=O)(=O)CCOc4ccccc4)cc3)ncn2)c1C. The van der Waals surface area contributed by atoms with E-state index >= 15 is 0 Å². The summed E-state index contributed by atoms with van der Waals surface area (Å²) in [4.78, 5) is 12.7. The average Bonchev–Trinajstić information content (AvgIpc) is 3.14. The van der Waals surface area contributed by atoms with Gasteiger partial charge in [0.05, 0.1) is 5.69 Å². The predicted octanol–water partition coefficient (Wildman–Crippen LogP) is 3.89. The molecule has 33 heavy (non-hydrogen) atoms. The molecule has 0 saturated heterocycles. The quantitative estimate of drug-likeness (QED) is 0.399. The number of benzene rings is 2. The number of hydrogen-bond donors (Lipinski definition) is 1. The Morgan fingerprint density at radius 1 is 0.939 bits per heavy atom. The van der Waals surface area contributed by atoms with E-state index in [1.807, 2.05) is 36.6 Å². The second-order valence-electron chi connectivity index (χ2n) is 7.21. The molecule has 2 aromatic carbocycles. The van der Waals surface area contributed by atoms with Gasteiger partial charge in [0, 0.05) is 17.4 Å². The van der Waals surface area contributed by atoms with Gasteiger partial charge in [0.2, 0.25) is 15.9 Å². The Bertz CT molecular complexity index is 1320. The highest BCUT2D eigenvalue weighted by atomic mass is 32.2. The topological polar surface area (TPSA) is 108 Å². The van der Waals surface area contributed by atoms with Crippen LogP contribution < -0.4 is 14.2 Å². The summed E-state index contributed by atoms with van der Waals surface area (Å²) < 4.78 is 40.3. The van der Waals surface area contributed by atoms with Gasteiger partial charge in [-0.05, 0) is 50.2 Å². The lowest BCUT2D eigenvalue weighted by atomic mass is 10.3. The lowest BCUT2D eigenvalue weighted by molar-refractivity contribution is 0.341. The first-order valence-corrected chi connectivity index (χ1v) is 11.8. The van der Waals surface area contributed by atoms with E-state index in [1.165, 1.54) is 6.33 Å². The van der Waals surface area contributed by atoms with Gasteiger partial charge in [0.1, 0.15) is 42.3 Å². The molecule has 0 aliphatic rings. The maximum atomic E-state index is 12.3. The minimum atomic E-state index is -3.56. The van der Waals surface area contributed by atoms with E-state index in [9.17, 15) is 8.42 Å². The van der Waals surface area contributed by atoms with Gasteiger partial charge < -0.3 is 9.47 Å². The van der Waals surface area contributed by atoms with Crippen LogP contribution in [0.4, 0.5) is 5.69 Å². The van der Waals surface area contributed by atoms with E-state index in [0.717, 1.165) is 11.4 Å². The normalized spacial score (nSPS) is 11.2. The van der Waals surface area contributed by atoms with Crippen LogP contribution in [0.15, 0.2) is 73.3 Å². The lowest BCUT2D eigenvalue weighted by Crippen LogP contribution is -2.21. The molecule has 4 aromatic rings. The highest BCUT2D eigenvalue weighted by molar-refractivity contribution is 7.92. The molecule has 0 radical (unpaired) electrons. The monoisotopic (exact) mass is 465 g/mol. The summed E-state index contributed by atoms with van der Waals surface area (Å²) in [5.41, 5.74) is 2.32. The molecule has 0 amide bonds. The van der Waals surface area contributed by atoms with Gasteiger partial charge in [0.25, 0.3) is 0 Å². The third-order valence-electron chi connectivity index (χ3n) is 4.84. The number of para-hydroxylation sites is 1. The number of aromatic nitrogens is 4. The molecule has 0 spiro atoms. The average molecular weight is 466 g/mol. The molecule has 2 heterocycles. The fourth-order valence-corrected chi connectivity index (χ4v) is 3.88. The van der Waals surface area contributed by atoms with Crippen molar-refractivity contribution in [1.82, 2.24) is 19.5 Å². The van der Waals surface area contributed by atoms with Gasteiger partial charge in [-0.25, -0.2) is 23.4 Å². The number of nitrogens with one attached hydrogen (secondary N) is 1. The van der Waals surface area contributed by atoms with Crippen LogP contribution in [0, 0.1) is 13.8 Å². The summed E-state index contributed by atoms with van der Waals surface area (Å²) in [5.74, 6) is 1.96. The molecule has 4 rings (SSSR count). The number of nitrogens with zero attached hydrogens (tertiary/aromatic N) is 4. The van der Waals surface area contributed by atoms with Crippen molar-refractivity contribution in [1.29, 1.82) is 0 Å². The molecular formula is C23H23N5O4S. The van der Waals surface area contributed by atoms with E-state index in [4.69, 9.17) is 9.47 Å². The van der Waals surface area contributed by atoms with Gasteiger partial charge in [-0.3, -0.25) is 9.29 Å². The third kappa shape index (κ3) is 5.86. The molecule has 1 N–H and O–H groups in total. The van der Waals surface area contributed by atoms with Crippen molar-refractivity contribution < 1.29 is 17.9 Å². The largest absolute Gasteiger partial charge is 0.492 e. The van der Waals surface area contributed by atoms with Crippen molar-refractivity contribution in [3.63, 3.8) is 0 Å². The van der Waals surface area contributed by atoms with E-state index in [0.29, 0.717) is 28.9 Å². The number of hydrogen-bond acceptors (Lipinski definition) is 7. The fraction of sp³-hybridized carbons (Fsp3) is 0.174. The number of ether oxygens (including phenoxy) is 2.